The second-order valence-electron chi connectivity index (χ2n) is 6.02. The molecule has 1 amide bonds. The molecule has 1 fully saturated rings. The van der Waals surface area contributed by atoms with Gasteiger partial charge in [-0.05, 0) is 30.4 Å². The number of piperidine rings is 1. The van der Waals surface area contributed by atoms with Crippen LogP contribution < -0.4 is 0 Å². The van der Waals surface area contributed by atoms with E-state index in [1.165, 1.54) is 17.5 Å². The highest BCUT2D eigenvalue weighted by Gasteiger charge is 2.22. The normalized spacial score (nSPS) is 15.0. The molecule has 22 heavy (non-hydrogen) atoms. The van der Waals surface area contributed by atoms with Crippen LogP contribution in [0.15, 0.2) is 60.7 Å². The van der Waals surface area contributed by atoms with Gasteiger partial charge in [0.25, 0.3) is 0 Å². The summed E-state index contributed by atoms with van der Waals surface area (Å²) in [5, 5.41) is 0. The van der Waals surface area contributed by atoms with Crippen LogP contribution in [-0.4, -0.2) is 23.9 Å². The minimum Gasteiger partial charge on any atom is -0.343 e. The van der Waals surface area contributed by atoms with Crippen molar-refractivity contribution in [3.8, 4) is 0 Å². The summed E-state index contributed by atoms with van der Waals surface area (Å²) in [5.74, 6) is 0.439. The van der Waals surface area contributed by atoms with Gasteiger partial charge in [0.05, 0.1) is 0 Å². The number of likely N-dealkylation sites (tertiary alicyclic amines) is 1. The summed E-state index contributed by atoms with van der Waals surface area (Å²) in [7, 11) is 0. The fraction of sp³-hybridized carbons (Fsp3) is 0.350. The van der Waals surface area contributed by atoms with Crippen molar-refractivity contribution in [2.24, 2.45) is 0 Å². The maximum Gasteiger partial charge on any atom is 0.223 e. The molecular formula is C20H23NO. The zero-order valence-corrected chi connectivity index (χ0v) is 12.9. The summed E-state index contributed by atoms with van der Waals surface area (Å²) in [4.78, 5) is 14.7. The van der Waals surface area contributed by atoms with Gasteiger partial charge in [-0.2, -0.15) is 0 Å². The van der Waals surface area contributed by atoms with E-state index in [1.807, 2.05) is 17.0 Å². The summed E-state index contributed by atoms with van der Waals surface area (Å²) in [6, 6.07) is 20.8. The van der Waals surface area contributed by atoms with E-state index in [9.17, 15) is 4.79 Å². The highest BCUT2D eigenvalue weighted by molar-refractivity contribution is 5.78. The molecule has 0 N–H and O–H groups in total. The van der Waals surface area contributed by atoms with E-state index in [4.69, 9.17) is 0 Å². The van der Waals surface area contributed by atoms with E-state index in [-0.39, 0.29) is 11.8 Å². The average molecular weight is 293 g/mol. The number of benzene rings is 2. The minimum absolute atomic E-state index is 0.150. The van der Waals surface area contributed by atoms with Crippen LogP contribution in [0.4, 0.5) is 0 Å². The smallest absolute Gasteiger partial charge is 0.223 e. The fourth-order valence-corrected chi connectivity index (χ4v) is 3.25. The Morgan fingerprint density at radius 1 is 0.818 bits per heavy atom. The van der Waals surface area contributed by atoms with Gasteiger partial charge in [0, 0.05) is 25.4 Å². The minimum atomic E-state index is 0.150. The first-order chi connectivity index (χ1) is 10.8. The number of nitrogens with zero attached hydrogens (tertiary/aromatic N) is 1. The van der Waals surface area contributed by atoms with E-state index < -0.39 is 0 Å². The van der Waals surface area contributed by atoms with Crippen LogP contribution in [0.5, 0.6) is 0 Å². The Bertz CT molecular complexity index is 548. The van der Waals surface area contributed by atoms with Crippen LogP contribution in [0.2, 0.25) is 0 Å². The number of amides is 1. The van der Waals surface area contributed by atoms with Crippen molar-refractivity contribution in [3.63, 3.8) is 0 Å². The maximum atomic E-state index is 12.7. The van der Waals surface area contributed by atoms with Crippen LogP contribution in [-0.2, 0) is 4.79 Å². The van der Waals surface area contributed by atoms with Crippen molar-refractivity contribution in [2.45, 2.75) is 31.6 Å². The number of rotatable bonds is 4. The van der Waals surface area contributed by atoms with Crippen LogP contribution >= 0.6 is 0 Å². The highest BCUT2D eigenvalue weighted by Crippen LogP contribution is 2.29. The summed E-state index contributed by atoms with van der Waals surface area (Å²) < 4.78 is 0. The standard InChI is InChI=1S/C20H23NO/c22-20(21-14-8-3-9-15-21)16-19(17-10-4-1-5-11-17)18-12-6-2-7-13-18/h1-2,4-7,10-13,19H,3,8-9,14-16H2. The van der Waals surface area contributed by atoms with E-state index in [2.05, 4.69) is 48.5 Å². The number of hydrogen-bond donors (Lipinski definition) is 0. The first-order valence-electron chi connectivity index (χ1n) is 8.22. The largest absolute Gasteiger partial charge is 0.343 e. The third-order valence-corrected chi connectivity index (χ3v) is 4.49. The average Bonchev–Trinajstić information content (AvgIpc) is 2.62. The van der Waals surface area contributed by atoms with Crippen LogP contribution in [0.3, 0.4) is 0 Å². The summed E-state index contributed by atoms with van der Waals surface area (Å²) >= 11 is 0. The molecule has 0 aromatic heterocycles. The molecular weight excluding hydrogens is 270 g/mol. The van der Waals surface area contributed by atoms with E-state index in [1.54, 1.807) is 0 Å². The van der Waals surface area contributed by atoms with Gasteiger partial charge in [0.15, 0.2) is 0 Å². The molecule has 2 aromatic carbocycles. The number of hydrogen-bond acceptors (Lipinski definition) is 1. The Balaban J connectivity index is 1.81. The molecule has 0 aliphatic carbocycles. The van der Waals surface area contributed by atoms with Gasteiger partial charge in [0.2, 0.25) is 5.91 Å². The lowest BCUT2D eigenvalue weighted by Gasteiger charge is -2.28. The summed E-state index contributed by atoms with van der Waals surface area (Å²) in [6.45, 7) is 1.85. The zero-order chi connectivity index (χ0) is 15.2. The molecule has 0 saturated carbocycles. The third-order valence-electron chi connectivity index (χ3n) is 4.49. The van der Waals surface area contributed by atoms with E-state index >= 15 is 0 Å². The Labute approximate surface area is 132 Å². The number of carbonyl (C=O) groups is 1. The lowest BCUT2D eigenvalue weighted by molar-refractivity contribution is -0.132. The van der Waals surface area contributed by atoms with Gasteiger partial charge in [-0.15, -0.1) is 0 Å². The van der Waals surface area contributed by atoms with Crippen LogP contribution in [0.1, 0.15) is 42.7 Å². The van der Waals surface area contributed by atoms with E-state index in [0.717, 1.165) is 25.9 Å². The third kappa shape index (κ3) is 3.56. The van der Waals surface area contributed by atoms with Crippen molar-refractivity contribution in [1.29, 1.82) is 0 Å². The Morgan fingerprint density at radius 2 is 1.32 bits per heavy atom. The lowest BCUT2D eigenvalue weighted by Crippen LogP contribution is -2.36. The Kier molecular flexibility index (Phi) is 4.89. The van der Waals surface area contributed by atoms with Crippen molar-refractivity contribution < 1.29 is 4.79 Å². The molecule has 0 atom stereocenters. The van der Waals surface area contributed by atoms with Crippen molar-refractivity contribution in [2.75, 3.05) is 13.1 Å². The molecule has 1 saturated heterocycles. The maximum absolute atomic E-state index is 12.7. The second kappa shape index (κ2) is 7.26. The summed E-state index contributed by atoms with van der Waals surface area (Å²) in [6.07, 6.45) is 4.11. The molecule has 0 unspecified atom stereocenters. The Hall–Kier alpha value is -2.09. The molecule has 0 spiro atoms. The Morgan fingerprint density at radius 3 is 1.82 bits per heavy atom. The van der Waals surface area contributed by atoms with Gasteiger partial charge in [-0.3, -0.25) is 4.79 Å². The second-order valence-corrected chi connectivity index (χ2v) is 6.02. The predicted molar refractivity (Wildman–Crippen MR) is 89.8 cm³/mol. The molecule has 0 bridgehead atoms. The van der Waals surface area contributed by atoms with Gasteiger partial charge in [-0.25, -0.2) is 0 Å². The van der Waals surface area contributed by atoms with Crippen LogP contribution in [0, 0.1) is 0 Å². The molecule has 2 heteroatoms. The SMILES string of the molecule is O=C(CC(c1ccccc1)c1ccccc1)N1CCCCC1. The molecule has 114 valence electrons. The van der Waals surface area contributed by atoms with Gasteiger partial charge in [-0.1, -0.05) is 60.7 Å². The predicted octanol–water partition coefficient (Wildman–Crippen LogP) is 4.22. The molecule has 1 aliphatic rings. The molecule has 2 aromatic rings. The molecule has 3 rings (SSSR count). The van der Waals surface area contributed by atoms with Gasteiger partial charge < -0.3 is 4.90 Å². The quantitative estimate of drug-likeness (QED) is 0.826. The fourth-order valence-electron chi connectivity index (χ4n) is 3.25. The lowest BCUT2D eigenvalue weighted by atomic mass is 9.88. The molecule has 1 heterocycles. The van der Waals surface area contributed by atoms with Crippen molar-refractivity contribution in [1.82, 2.24) is 4.90 Å². The molecule has 2 nitrogen and oxygen atoms in total. The first-order valence-corrected chi connectivity index (χ1v) is 8.22. The first kappa shape index (κ1) is 14.8. The van der Waals surface area contributed by atoms with Gasteiger partial charge in [0.1, 0.15) is 0 Å². The summed E-state index contributed by atoms with van der Waals surface area (Å²) in [5.41, 5.74) is 2.44. The molecule has 0 radical (unpaired) electrons. The monoisotopic (exact) mass is 293 g/mol. The zero-order valence-electron chi connectivity index (χ0n) is 12.9. The van der Waals surface area contributed by atoms with Crippen LogP contribution in [0.25, 0.3) is 0 Å². The van der Waals surface area contributed by atoms with Gasteiger partial charge >= 0.3 is 0 Å². The van der Waals surface area contributed by atoms with E-state index in [0.29, 0.717) is 6.42 Å². The highest BCUT2D eigenvalue weighted by atomic mass is 16.2. The molecule has 1 aliphatic heterocycles. The topological polar surface area (TPSA) is 20.3 Å². The van der Waals surface area contributed by atoms with Crippen molar-refractivity contribution >= 4 is 5.91 Å². The number of carbonyl (C=O) groups excluding carboxylic acids is 1. The van der Waals surface area contributed by atoms with Crippen molar-refractivity contribution in [3.05, 3.63) is 71.8 Å².